The first-order valence-electron chi connectivity index (χ1n) is 9.20. The Morgan fingerprint density at radius 2 is 1.61 bits per heavy atom. The Kier molecular flexibility index (Phi) is 7.48. The van der Waals surface area contributed by atoms with E-state index in [2.05, 4.69) is 26.5 Å². The van der Waals surface area contributed by atoms with Gasteiger partial charge < -0.3 is 0 Å². The number of hydrogen-bond acceptors (Lipinski definition) is 4. The second-order valence-corrected chi connectivity index (χ2v) is 9.75. The maximum absolute atomic E-state index is 13.2. The number of amides is 1. The number of halogens is 2. The lowest BCUT2D eigenvalue weighted by atomic mass is 10.1. The van der Waals surface area contributed by atoms with Crippen LogP contribution >= 0.6 is 27.5 Å². The molecule has 0 fully saturated rings. The van der Waals surface area contributed by atoms with E-state index in [1.54, 1.807) is 49.4 Å². The molecule has 0 aliphatic heterocycles. The van der Waals surface area contributed by atoms with E-state index in [9.17, 15) is 13.2 Å². The van der Waals surface area contributed by atoms with E-state index in [4.69, 9.17) is 11.6 Å². The number of carbonyl (C=O) groups is 1. The van der Waals surface area contributed by atoms with E-state index in [1.807, 2.05) is 24.3 Å². The smallest absolute Gasteiger partial charge is 0.264 e. The molecule has 0 spiro atoms. The summed E-state index contributed by atoms with van der Waals surface area (Å²) >= 11 is 9.31. The van der Waals surface area contributed by atoms with Crippen molar-refractivity contribution in [3.8, 4) is 0 Å². The van der Waals surface area contributed by atoms with Gasteiger partial charge in [0.05, 0.1) is 16.3 Å². The highest BCUT2D eigenvalue weighted by molar-refractivity contribution is 9.10. The van der Waals surface area contributed by atoms with Crippen molar-refractivity contribution < 1.29 is 13.2 Å². The van der Waals surface area contributed by atoms with Gasteiger partial charge in [-0.3, -0.25) is 9.10 Å². The van der Waals surface area contributed by atoms with E-state index in [0.717, 1.165) is 14.3 Å². The van der Waals surface area contributed by atoms with Crippen LogP contribution in [0.3, 0.4) is 0 Å². The van der Waals surface area contributed by atoms with Crippen LogP contribution in [0.1, 0.15) is 12.5 Å². The van der Waals surface area contributed by atoms with Gasteiger partial charge in [-0.05, 0) is 61.0 Å². The molecule has 0 atom stereocenters. The van der Waals surface area contributed by atoms with Gasteiger partial charge in [0, 0.05) is 9.50 Å². The fourth-order valence-electron chi connectivity index (χ4n) is 2.71. The van der Waals surface area contributed by atoms with Crippen molar-refractivity contribution in [2.75, 3.05) is 10.8 Å². The summed E-state index contributed by atoms with van der Waals surface area (Å²) in [6.07, 6.45) is 0. The average molecular weight is 521 g/mol. The predicted octanol–water partition coefficient (Wildman–Crippen LogP) is 4.84. The number of nitrogens with one attached hydrogen (secondary N) is 1. The van der Waals surface area contributed by atoms with E-state index in [0.29, 0.717) is 16.4 Å². The minimum atomic E-state index is -3.98. The average Bonchev–Trinajstić information content (AvgIpc) is 2.77. The minimum Gasteiger partial charge on any atom is -0.271 e. The highest BCUT2D eigenvalue weighted by atomic mass is 79.9. The third-order valence-corrected chi connectivity index (χ3v) is 6.91. The Labute approximate surface area is 194 Å². The molecule has 1 amide bonds. The number of hydrogen-bond donors (Lipinski definition) is 1. The van der Waals surface area contributed by atoms with Crippen LogP contribution in [0.2, 0.25) is 5.02 Å². The maximum Gasteiger partial charge on any atom is 0.264 e. The lowest BCUT2D eigenvalue weighted by Crippen LogP contribution is -2.39. The molecule has 0 saturated carbocycles. The molecular formula is C22H19BrClN3O3S. The molecule has 0 radical (unpaired) electrons. The second-order valence-electron chi connectivity index (χ2n) is 6.54. The van der Waals surface area contributed by atoms with Gasteiger partial charge in [-0.15, -0.1) is 0 Å². The standard InChI is InChI=1S/C22H19BrClN3O3S/c1-16(17-7-9-18(23)10-8-17)25-26-22(28)15-27(20-13-11-19(24)12-14-20)31(29,30)21-5-3-2-4-6-21/h2-14H,15H2,1H3,(H,26,28)/b25-16-. The molecule has 0 saturated heterocycles. The lowest BCUT2D eigenvalue weighted by Gasteiger charge is -2.23. The molecule has 0 aliphatic rings. The van der Waals surface area contributed by atoms with Gasteiger partial charge in [-0.1, -0.05) is 57.9 Å². The molecular weight excluding hydrogens is 502 g/mol. The van der Waals surface area contributed by atoms with Crippen LogP contribution in [-0.2, 0) is 14.8 Å². The van der Waals surface area contributed by atoms with Crippen molar-refractivity contribution in [2.45, 2.75) is 11.8 Å². The van der Waals surface area contributed by atoms with E-state index < -0.39 is 22.5 Å². The number of anilines is 1. The fraction of sp³-hybridized carbons (Fsp3) is 0.0909. The summed E-state index contributed by atoms with van der Waals surface area (Å²) in [6, 6.07) is 21.6. The molecule has 3 aromatic rings. The van der Waals surface area contributed by atoms with E-state index in [1.165, 1.54) is 12.1 Å². The number of nitrogens with zero attached hydrogens (tertiary/aromatic N) is 2. The van der Waals surface area contributed by atoms with Gasteiger partial charge in [-0.2, -0.15) is 5.10 Å². The zero-order chi connectivity index (χ0) is 22.4. The van der Waals surface area contributed by atoms with Crippen LogP contribution in [0, 0.1) is 0 Å². The van der Waals surface area contributed by atoms with Crippen molar-refractivity contribution in [3.63, 3.8) is 0 Å². The monoisotopic (exact) mass is 519 g/mol. The zero-order valence-electron chi connectivity index (χ0n) is 16.5. The molecule has 0 bridgehead atoms. The van der Waals surface area contributed by atoms with Crippen LogP contribution in [-0.4, -0.2) is 26.6 Å². The largest absolute Gasteiger partial charge is 0.271 e. The third-order valence-electron chi connectivity index (χ3n) is 4.34. The maximum atomic E-state index is 13.2. The summed E-state index contributed by atoms with van der Waals surface area (Å²) in [5, 5.41) is 4.56. The second kappa shape index (κ2) is 10.1. The van der Waals surface area contributed by atoms with Crippen molar-refractivity contribution in [2.24, 2.45) is 5.10 Å². The van der Waals surface area contributed by atoms with E-state index >= 15 is 0 Å². The molecule has 9 heteroatoms. The SMILES string of the molecule is C/C(=N/NC(=O)CN(c1ccc(Cl)cc1)S(=O)(=O)c1ccccc1)c1ccc(Br)cc1. The first kappa shape index (κ1) is 23.0. The van der Waals surface area contributed by atoms with Gasteiger partial charge in [-0.25, -0.2) is 13.8 Å². The van der Waals surface area contributed by atoms with Gasteiger partial charge in [0.15, 0.2) is 0 Å². The summed E-state index contributed by atoms with van der Waals surface area (Å²) < 4.78 is 28.4. The normalized spacial score (nSPS) is 11.8. The first-order valence-corrected chi connectivity index (χ1v) is 11.8. The fourth-order valence-corrected chi connectivity index (χ4v) is 4.54. The topological polar surface area (TPSA) is 78.8 Å². The first-order chi connectivity index (χ1) is 14.8. The summed E-state index contributed by atoms with van der Waals surface area (Å²) in [4.78, 5) is 12.7. The Balaban J connectivity index is 1.84. The molecule has 3 aromatic carbocycles. The molecule has 6 nitrogen and oxygen atoms in total. The molecule has 0 heterocycles. The Morgan fingerprint density at radius 3 is 2.23 bits per heavy atom. The molecule has 0 aliphatic carbocycles. The van der Waals surface area contributed by atoms with Crippen LogP contribution in [0.4, 0.5) is 5.69 Å². The zero-order valence-corrected chi connectivity index (χ0v) is 19.7. The van der Waals surface area contributed by atoms with Crippen molar-refractivity contribution >= 4 is 54.9 Å². The molecule has 0 unspecified atom stereocenters. The molecule has 0 aromatic heterocycles. The van der Waals surface area contributed by atoms with E-state index in [-0.39, 0.29) is 4.90 Å². The van der Waals surface area contributed by atoms with Crippen LogP contribution in [0.25, 0.3) is 0 Å². The Hall–Kier alpha value is -2.68. The quantitative estimate of drug-likeness (QED) is 0.358. The minimum absolute atomic E-state index is 0.0762. The number of rotatable bonds is 7. The molecule has 3 rings (SSSR count). The number of carbonyl (C=O) groups excluding carboxylic acids is 1. The summed E-state index contributed by atoms with van der Waals surface area (Å²) in [7, 11) is -3.98. The Morgan fingerprint density at radius 1 is 1.00 bits per heavy atom. The molecule has 31 heavy (non-hydrogen) atoms. The molecule has 160 valence electrons. The lowest BCUT2D eigenvalue weighted by molar-refractivity contribution is -0.119. The van der Waals surface area contributed by atoms with Crippen molar-refractivity contribution in [3.05, 3.63) is 93.9 Å². The third kappa shape index (κ3) is 5.94. The predicted molar refractivity (Wildman–Crippen MR) is 127 cm³/mol. The van der Waals surface area contributed by atoms with Crippen molar-refractivity contribution in [1.29, 1.82) is 0 Å². The Bertz CT molecular complexity index is 1180. The van der Waals surface area contributed by atoms with Crippen LogP contribution < -0.4 is 9.73 Å². The number of benzene rings is 3. The van der Waals surface area contributed by atoms with Crippen molar-refractivity contribution in [1.82, 2.24) is 5.43 Å². The summed E-state index contributed by atoms with van der Waals surface area (Å²) in [6.45, 7) is 1.30. The highest BCUT2D eigenvalue weighted by Gasteiger charge is 2.27. The van der Waals surface area contributed by atoms with Gasteiger partial charge in [0.25, 0.3) is 15.9 Å². The van der Waals surface area contributed by atoms with Gasteiger partial charge >= 0.3 is 0 Å². The van der Waals surface area contributed by atoms with Gasteiger partial charge in [0.1, 0.15) is 6.54 Å². The summed E-state index contributed by atoms with van der Waals surface area (Å²) in [5.41, 5.74) is 4.17. The number of hydrazone groups is 1. The summed E-state index contributed by atoms with van der Waals surface area (Å²) in [5.74, 6) is -0.578. The van der Waals surface area contributed by atoms with Gasteiger partial charge in [0.2, 0.25) is 0 Å². The van der Waals surface area contributed by atoms with Crippen LogP contribution in [0.15, 0.2) is 93.3 Å². The molecule has 1 N–H and O–H groups in total. The van der Waals surface area contributed by atoms with Crippen LogP contribution in [0.5, 0.6) is 0 Å². The highest BCUT2D eigenvalue weighted by Crippen LogP contribution is 2.25. The number of sulfonamides is 1.